The number of hydrogen-bond acceptors (Lipinski definition) is 4. The zero-order valence-electron chi connectivity index (χ0n) is 13.1. The first-order valence-electron chi connectivity index (χ1n) is 7.28. The number of nitrogens with zero attached hydrogens (tertiary/aromatic N) is 1. The van der Waals surface area contributed by atoms with Crippen molar-refractivity contribution in [1.82, 2.24) is 10.6 Å². The van der Waals surface area contributed by atoms with Gasteiger partial charge >= 0.3 is 0 Å². The first-order chi connectivity index (χ1) is 9.89. The summed E-state index contributed by atoms with van der Waals surface area (Å²) in [4.78, 5) is 16.5. The monoisotopic (exact) mass is 289 g/mol. The quantitative estimate of drug-likeness (QED) is 0.894. The van der Waals surface area contributed by atoms with Gasteiger partial charge in [-0.3, -0.25) is 10.1 Å². The molecule has 2 rings (SSSR count). The largest absolute Gasteiger partial charge is 0.494 e. The summed E-state index contributed by atoms with van der Waals surface area (Å²) in [7, 11) is 0. The fourth-order valence-electron chi connectivity index (χ4n) is 2.02. The normalized spacial score (nSPS) is 18.2. The van der Waals surface area contributed by atoms with Gasteiger partial charge in [0.15, 0.2) is 12.0 Å². The number of guanidine groups is 1. The van der Waals surface area contributed by atoms with E-state index in [2.05, 4.69) is 22.5 Å². The van der Waals surface area contributed by atoms with Crippen molar-refractivity contribution in [2.24, 2.45) is 4.99 Å². The van der Waals surface area contributed by atoms with Gasteiger partial charge < -0.3 is 10.1 Å². The Morgan fingerprint density at radius 3 is 2.52 bits per heavy atom. The minimum Gasteiger partial charge on any atom is -0.494 e. The molecule has 0 aliphatic carbocycles. The lowest BCUT2D eigenvalue weighted by Crippen LogP contribution is -2.46. The first-order valence-corrected chi connectivity index (χ1v) is 7.28. The molecule has 2 N–H and O–H groups in total. The van der Waals surface area contributed by atoms with E-state index in [0.29, 0.717) is 12.6 Å². The summed E-state index contributed by atoms with van der Waals surface area (Å²) >= 11 is 0. The Morgan fingerprint density at radius 2 is 1.95 bits per heavy atom. The number of amides is 1. The lowest BCUT2D eigenvalue weighted by atomic mass is 10.1. The number of benzene rings is 1. The van der Waals surface area contributed by atoms with E-state index in [1.54, 1.807) is 0 Å². The molecule has 114 valence electrons. The van der Waals surface area contributed by atoms with Gasteiger partial charge in [0, 0.05) is 5.54 Å². The molecule has 1 aromatic rings. The standard InChI is InChI=1S/C16H23N3O2/c1-5-10-21-12-8-6-11(7-9-12)13-14(20)18-15(17-13)19-16(2,3)4/h6-9,13H,5,10H2,1-4H3,(H2,17,18,19,20). The molecular formula is C16H23N3O2. The highest BCUT2D eigenvalue weighted by Gasteiger charge is 2.29. The highest BCUT2D eigenvalue weighted by atomic mass is 16.5. The highest BCUT2D eigenvalue weighted by molar-refractivity contribution is 6.05. The van der Waals surface area contributed by atoms with Gasteiger partial charge in [-0.15, -0.1) is 0 Å². The molecular weight excluding hydrogens is 266 g/mol. The molecule has 0 bridgehead atoms. The van der Waals surface area contributed by atoms with Gasteiger partial charge in [-0.05, 0) is 44.9 Å². The van der Waals surface area contributed by atoms with Crippen LogP contribution in [0.2, 0.25) is 0 Å². The minimum absolute atomic E-state index is 0.107. The number of rotatable bonds is 4. The fourth-order valence-corrected chi connectivity index (χ4v) is 2.02. The van der Waals surface area contributed by atoms with Crippen molar-refractivity contribution in [3.8, 4) is 5.75 Å². The van der Waals surface area contributed by atoms with Crippen LogP contribution in [0.5, 0.6) is 5.75 Å². The molecule has 1 aliphatic rings. The summed E-state index contributed by atoms with van der Waals surface area (Å²) in [6, 6.07) is 7.04. The van der Waals surface area contributed by atoms with E-state index >= 15 is 0 Å². The molecule has 1 amide bonds. The lowest BCUT2D eigenvalue weighted by Gasteiger charge is -2.21. The fraction of sp³-hybridized carbons (Fsp3) is 0.500. The van der Waals surface area contributed by atoms with Gasteiger partial charge in [0.25, 0.3) is 5.91 Å². The molecule has 1 unspecified atom stereocenters. The predicted octanol–water partition coefficient (Wildman–Crippen LogP) is 2.39. The average Bonchev–Trinajstić information content (AvgIpc) is 2.75. The van der Waals surface area contributed by atoms with Crippen molar-refractivity contribution in [2.75, 3.05) is 6.61 Å². The van der Waals surface area contributed by atoms with Crippen LogP contribution in [0.1, 0.15) is 45.7 Å². The molecule has 21 heavy (non-hydrogen) atoms. The predicted molar refractivity (Wildman–Crippen MR) is 83.4 cm³/mol. The van der Waals surface area contributed by atoms with Crippen LogP contribution in [0.25, 0.3) is 0 Å². The summed E-state index contributed by atoms with van der Waals surface area (Å²) in [5, 5.41) is 5.96. The second-order valence-corrected chi connectivity index (χ2v) is 6.16. The van der Waals surface area contributed by atoms with Crippen molar-refractivity contribution in [1.29, 1.82) is 0 Å². The van der Waals surface area contributed by atoms with Crippen LogP contribution in [0.4, 0.5) is 0 Å². The molecule has 0 saturated heterocycles. The smallest absolute Gasteiger partial charge is 0.256 e. The molecule has 1 atom stereocenters. The van der Waals surface area contributed by atoms with E-state index in [0.717, 1.165) is 17.7 Å². The molecule has 5 nitrogen and oxygen atoms in total. The van der Waals surface area contributed by atoms with Gasteiger partial charge in [-0.1, -0.05) is 19.1 Å². The second-order valence-electron chi connectivity index (χ2n) is 6.16. The molecule has 0 saturated carbocycles. The minimum atomic E-state index is -0.491. The zero-order chi connectivity index (χ0) is 15.5. The molecule has 1 aliphatic heterocycles. The SMILES string of the molecule is CCCOc1ccc(C2N=C(NC(C)(C)C)NC2=O)cc1. The maximum absolute atomic E-state index is 12.0. The molecule has 0 fully saturated rings. The van der Waals surface area contributed by atoms with Crippen LogP contribution < -0.4 is 15.4 Å². The van der Waals surface area contributed by atoms with Gasteiger partial charge in [-0.25, -0.2) is 4.99 Å². The van der Waals surface area contributed by atoms with Crippen molar-refractivity contribution < 1.29 is 9.53 Å². The third-order valence-corrected chi connectivity index (χ3v) is 2.91. The molecule has 1 aromatic carbocycles. The van der Waals surface area contributed by atoms with Crippen LogP contribution in [0.3, 0.4) is 0 Å². The maximum Gasteiger partial charge on any atom is 0.256 e. The third-order valence-electron chi connectivity index (χ3n) is 2.91. The maximum atomic E-state index is 12.0. The Kier molecular flexibility index (Phi) is 4.50. The Bertz CT molecular complexity index is 529. The average molecular weight is 289 g/mol. The van der Waals surface area contributed by atoms with Crippen molar-refractivity contribution in [2.45, 2.75) is 45.7 Å². The lowest BCUT2D eigenvalue weighted by molar-refractivity contribution is -0.120. The first kappa shape index (κ1) is 15.4. The summed E-state index contributed by atoms with van der Waals surface area (Å²) in [5.74, 6) is 1.24. The van der Waals surface area contributed by atoms with E-state index in [4.69, 9.17) is 4.74 Å². The molecule has 0 aromatic heterocycles. The van der Waals surface area contributed by atoms with E-state index in [-0.39, 0.29) is 11.4 Å². The van der Waals surface area contributed by atoms with Gasteiger partial charge in [-0.2, -0.15) is 0 Å². The summed E-state index contributed by atoms with van der Waals surface area (Å²) in [5.41, 5.74) is 0.723. The van der Waals surface area contributed by atoms with E-state index in [1.165, 1.54) is 0 Å². The van der Waals surface area contributed by atoms with Crippen molar-refractivity contribution in [3.63, 3.8) is 0 Å². The summed E-state index contributed by atoms with van der Waals surface area (Å²) in [6.45, 7) is 8.83. The molecule has 1 heterocycles. The van der Waals surface area contributed by atoms with E-state index in [9.17, 15) is 4.79 Å². The Balaban J connectivity index is 2.08. The van der Waals surface area contributed by atoms with Gasteiger partial charge in [0.2, 0.25) is 0 Å². The number of hydrogen-bond donors (Lipinski definition) is 2. The van der Waals surface area contributed by atoms with Gasteiger partial charge in [0.05, 0.1) is 6.61 Å². The summed E-state index contributed by atoms with van der Waals surface area (Å²) in [6.07, 6.45) is 0.971. The highest BCUT2D eigenvalue weighted by Crippen LogP contribution is 2.23. The van der Waals surface area contributed by atoms with Gasteiger partial charge in [0.1, 0.15) is 5.75 Å². The van der Waals surface area contributed by atoms with Crippen molar-refractivity contribution >= 4 is 11.9 Å². The summed E-state index contributed by atoms with van der Waals surface area (Å²) < 4.78 is 5.54. The topological polar surface area (TPSA) is 62.7 Å². The van der Waals surface area contributed by atoms with Crippen LogP contribution in [0.15, 0.2) is 29.3 Å². The number of ether oxygens (including phenoxy) is 1. The van der Waals surface area contributed by atoms with E-state index in [1.807, 2.05) is 45.0 Å². The number of carbonyl (C=O) groups is 1. The van der Waals surface area contributed by atoms with E-state index < -0.39 is 6.04 Å². The second kappa shape index (κ2) is 6.16. The molecule has 0 spiro atoms. The number of nitrogens with one attached hydrogen (secondary N) is 2. The van der Waals surface area contributed by atoms with Crippen LogP contribution in [0, 0.1) is 0 Å². The van der Waals surface area contributed by atoms with Crippen LogP contribution >= 0.6 is 0 Å². The number of aliphatic imine (C=N–C) groups is 1. The Hall–Kier alpha value is -2.04. The van der Waals surface area contributed by atoms with Crippen LogP contribution in [-0.4, -0.2) is 24.0 Å². The zero-order valence-corrected chi connectivity index (χ0v) is 13.1. The third kappa shape index (κ3) is 4.21. The Labute approximate surface area is 125 Å². The number of carbonyl (C=O) groups excluding carboxylic acids is 1. The Morgan fingerprint density at radius 1 is 1.29 bits per heavy atom. The van der Waals surface area contributed by atoms with Crippen molar-refractivity contribution in [3.05, 3.63) is 29.8 Å². The van der Waals surface area contributed by atoms with Crippen LogP contribution in [-0.2, 0) is 4.79 Å². The molecule has 0 radical (unpaired) electrons. The molecule has 5 heteroatoms.